The Balaban J connectivity index is 2.57. The minimum Gasteiger partial charge on any atom is -0.444 e. The average molecular weight is 217 g/mol. The minimum absolute atomic E-state index is 0.0758. The first-order chi connectivity index (χ1) is 6.79. The number of nitrogens with zero attached hydrogens (tertiary/aromatic N) is 1. The lowest BCUT2D eigenvalue weighted by molar-refractivity contribution is 0.00204. The van der Waals surface area contributed by atoms with Crippen molar-refractivity contribution in [1.29, 1.82) is 0 Å². The second-order valence-electron chi connectivity index (χ2n) is 5.16. The lowest BCUT2D eigenvalue weighted by Gasteiger charge is -2.36. The molecule has 0 radical (unpaired) electrons. The number of ether oxygens (including phenoxy) is 1. The third-order valence-electron chi connectivity index (χ3n) is 2.45. The van der Waals surface area contributed by atoms with Crippen LogP contribution in [0.15, 0.2) is 0 Å². The number of carbonyl (C=O) groups is 1. The molecule has 0 aliphatic carbocycles. The maximum Gasteiger partial charge on any atom is 0.410 e. The second kappa shape index (κ2) is 4.37. The van der Waals surface area contributed by atoms with Crippen molar-refractivity contribution in [3.05, 3.63) is 0 Å². The lowest BCUT2D eigenvalue weighted by Crippen LogP contribution is -2.48. The average Bonchev–Trinajstić information content (AvgIpc) is 2.06. The number of hydrogen-bond donors (Lipinski definition) is 0. The standard InChI is InChI=1S/C11H20FNO2/c1-8-5-6-9(12)7-13(8)10(14)15-11(2,3)4/h8-9H,5-7H2,1-4H3/t8-,9+/m0/s1. The molecule has 0 aromatic rings. The van der Waals surface area contributed by atoms with Crippen LogP contribution in [0.5, 0.6) is 0 Å². The van der Waals surface area contributed by atoms with E-state index in [-0.39, 0.29) is 12.6 Å². The second-order valence-corrected chi connectivity index (χ2v) is 5.16. The van der Waals surface area contributed by atoms with Crippen LogP contribution in [0, 0.1) is 0 Å². The molecule has 1 fully saturated rings. The molecule has 3 nitrogen and oxygen atoms in total. The van der Waals surface area contributed by atoms with E-state index in [0.717, 1.165) is 0 Å². The Labute approximate surface area is 90.6 Å². The highest BCUT2D eigenvalue weighted by molar-refractivity contribution is 5.68. The molecule has 0 N–H and O–H groups in total. The van der Waals surface area contributed by atoms with E-state index >= 15 is 0 Å². The highest BCUT2D eigenvalue weighted by Gasteiger charge is 2.31. The number of rotatable bonds is 0. The quantitative estimate of drug-likeness (QED) is 0.624. The van der Waals surface area contributed by atoms with E-state index in [0.29, 0.717) is 12.8 Å². The van der Waals surface area contributed by atoms with Gasteiger partial charge in [0.25, 0.3) is 0 Å². The molecule has 4 heteroatoms. The first-order valence-corrected chi connectivity index (χ1v) is 5.43. The zero-order chi connectivity index (χ0) is 11.6. The summed E-state index contributed by atoms with van der Waals surface area (Å²) in [7, 11) is 0. The molecule has 1 aliphatic heterocycles. The Morgan fingerprint density at radius 3 is 2.53 bits per heavy atom. The van der Waals surface area contributed by atoms with Crippen molar-refractivity contribution in [3.63, 3.8) is 0 Å². The molecule has 0 unspecified atom stereocenters. The number of carbonyl (C=O) groups excluding carboxylic acids is 1. The zero-order valence-electron chi connectivity index (χ0n) is 9.92. The lowest BCUT2D eigenvalue weighted by atomic mass is 10.0. The Hall–Kier alpha value is -0.800. The molecule has 0 aromatic carbocycles. The molecule has 0 aromatic heterocycles. The first-order valence-electron chi connectivity index (χ1n) is 5.43. The Kier molecular flexibility index (Phi) is 3.58. The Morgan fingerprint density at radius 2 is 2.00 bits per heavy atom. The van der Waals surface area contributed by atoms with Gasteiger partial charge >= 0.3 is 6.09 Å². The van der Waals surface area contributed by atoms with Gasteiger partial charge in [0.05, 0.1) is 6.54 Å². The maximum atomic E-state index is 13.2. The molecule has 2 atom stereocenters. The molecule has 1 aliphatic rings. The number of likely N-dealkylation sites (tertiary alicyclic amines) is 1. The van der Waals surface area contributed by atoms with Gasteiger partial charge in [0, 0.05) is 6.04 Å². The summed E-state index contributed by atoms with van der Waals surface area (Å²) in [5, 5.41) is 0. The SMILES string of the molecule is C[C@H]1CC[C@@H](F)CN1C(=O)OC(C)(C)C. The molecule has 0 spiro atoms. The molecule has 15 heavy (non-hydrogen) atoms. The normalized spacial score (nSPS) is 27.7. The van der Waals surface area contributed by atoms with Crippen molar-refractivity contribution in [1.82, 2.24) is 4.90 Å². The minimum atomic E-state index is -0.909. The Morgan fingerprint density at radius 1 is 1.40 bits per heavy atom. The van der Waals surface area contributed by atoms with E-state index in [1.54, 1.807) is 0 Å². The third-order valence-corrected chi connectivity index (χ3v) is 2.45. The van der Waals surface area contributed by atoms with E-state index in [4.69, 9.17) is 4.74 Å². The van der Waals surface area contributed by atoms with Crippen LogP contribution in [-0.4, -0.2) is 35.4 Å². The van der Waals surface area contributed by atoms with Gasteiger partial charge in [0.15, 0.2) is 0 Å². The number of halogens is 1. The van der Waals surface area contributed by atoms with Crippen molar-refractivity contribution in [2.24, 2.45) is 0 Å². The summed E-state index contributed by atoms with van der Waals surface area (Å²) in [6.07, 6.45) is -0.0630. The van der Waals surface area contributed by atoms with Crippen molar-refractivity contribution in [3.8, 4) is 0 Å². The zero-order valence-corrected chi connectivity index (χ0v) is 9.92. The molecule has 1 amide bonds. The van der Waals surface area contributed by atoms with Crippen LogP contribution < -0.4 is 0 Å². The molecule has 0 saturated carbocycles. The van der Waals surface area contributed by atoms with Crippen LogP contribution in [0.2, 0.25) is 0 Å². The number of piperidine rings is 1. The fourth-order valence-corrected chi connectivity index (χ4v) is 1.64. The highest BCUT2D eigenvalue weighted by atomic mass is 19.1. The smallest absolute Gasteiger partial charge is 0.410 e. The van der Waals surface area contributed by atoms with E-state index in [2.05, 4.69) is 0 Å². The van der Waals surface area contributed by atoms with Gasteiger partial charge < -0.3 is 9.64 Å². The topological polar surface area (TPSA) is 29.5 Å². The van der Waals surface area contributed by atoms with Gasteiger partial charge in [-0.3, -0.25) is 0 Å². The van der Waals surface area contributed by atoms with Gasteiger partial charge in [-0.05, 0) is 40.5 Å². The predicted octanol–water partition coefficient (Wildman–Crippen LogP) is 2.74. The summed E-state index contributed by atoms with van der Waals surface area (Å²) in [6, 6.07) is 0.0758. The van der Waals surface area contributed by atoms with E-state index in [1.807, 2.05) is 27.7 Å². The summed E-state index contributed by atoms with van der Waals surface area (Å²) in [5.41, 5.74) is -0.514. The van der Waals surface area contributed by atoms with Crippen molar-refractivity contribution in [2.75, 3.05) is 6.54 Å². The summed E-state index contributed by atoms with van der Waals surface area (Å²) in [5.74, 6) is 0. The summed E-state index contributed by atoms with van der Waals surface area (Å²) in [4.78, 5) is 13.2. The number of hydrogen-bond acceptors (Lipinski definition) is 2. The van der Waals surface area contributed by atoms with E-state index in [1.165, 1.54) is 4.90 Å². The highest BCUT2D eigenvalue weighted by Crippen LogP contribution is 2.21. The van der Waals surface area contributed by atoms with Gasteiger partial charge in [-0.25, -0.2) is 9.18 Å². The van der Waals surface area contributed by atoms with Crippen LogP contribution in [0.25, 0.3) is 0 Å². The third kappa shape index (κ3) is 3.68. The fraction of sp³-hybridized carbons (Fsp3) is 0.909. The van der Waals surface area contributed by atoms with Gasteiger partial charge in [-0.15, -0.1) is 0 Å². The molecular formula is C11H20FNO2. The van der Waals surface area contributed by atoms with Gasteiger partial charge in [-0.1, -0.05) is 0 Å². The number of amides is 1. The number of alkyl halides is 1. The van der Waals surface area contributed by atoms with Crippen molar-refractivity contribution in [2.45, 2.75) is 58.4 Å². The summed E-state index contributed by atoms with van der Waals surface area (Å²) < 4.78 is 18.4. The van der Waals surface area contributed by atoms with Crippen LogP contribution in [0.1, 0.15) is 40.5 Å². The largest absolute Gasteiger partial charge is 0.444 e. The predicted molar refractivity (Wildman–Crippen MR) is 56.5 cm³/mol. The first kappa shape index (κ1) is 12.3. The maximum absolute atomic E-state index is 13.2. The van der Waals surface area contributed by atoms with Gasteiger partial charge in [0.2, 0.25) is 0 Å². The molecule has 1 heterocycles. The monoisotopic (exact) mass is 217 g/mol. The van der Waals surface area contributed by atoms with Crippen LogP contribution in [-0.2, 0) is 4.74 Å². The van der Waals surface area contributed by atoms with E-state index in [9.17, 15) is 9.18 Å². The van der Waals surface area contributed by atoms with Crippen LogP contribution >= 0.6 is 0 Å². The summed E-state index contributed by atoms with van der Waals surface area (Å²) >= 11 is 0. The van der Waals surface area contributed by atoms with E-state index < -0.39 is 17.9 Å². The summed E-state index contributed by atoms with van der Waals surface area (Å²) in [6.45, 7) is 7.53. The molecular weight excluding hydrogens is 197 g/mol. The van der Waals surface area contributed by atoms with Crippen molar-refractivity contribution < 1.29 is 13.9 Å². The fourth-order valence-electron chi connectivity index (χ4n) is 1.64. The van der Waals surface area contributed by atoms with Crippen LogP contribution in [0.3, 0.4) is 0 Å². The molecule has 0 bridgehead atoms. The van der Waals surface area contributed by atoms with Crippen molar-refractivity contribution >= 4 is 6.09 Å². The van der Waals surface area contributed by atoms with Gasteiger partial charge in [-0.2, -0.15) is 0 Å². The van der Waals surface area contributed by atoms with Gasteiger partial charge in [0.1, 0.15) is 11.8 Å². The molecule has 1 rings (SSSR count). The van der Waals surface area contributed by atoms with Crippen LogP contribution in [0.4, 0.5) is 9.18 Å². The molecule has 88 valence electrons. The molecule has 1 saturated heterocycles. The Bertz CT molecular complexity index is 237.